The molecule has 1 fully saturated rings. The van der Waals surface area contributed by atoms with Crippen molar-refractivity contribution in [3.05, 3.63) is 0 Å². The Kier molecular flexibility index (Phi) is 5.72. The van der Waals surface area contributed by atoms with E-state index in [4.69, 9.17) is 0 Å². The predicted molar refractivity (Wildman–Crippen MR) is 67.5 cm³/mol. The fourth-order valence-corrected chi connectivity index (χ4v) is 3.19. The van der Waals surface area contributed by atoms with Crippen molar-refractivity contribution >= 4 is 9.84 Å². The summed E-state index contributed by atoms with van der Waals surface area (Å²) in [6.45, 7) is 7.85. The van der Waals surface area contributed by atoms with E-state index in [0.717, 1.165) is 25.9 Å². The van der Waals surface area contributed by atoms with Gasteiger partial charge in [0.1, 0.15) is 0 Å². The first-order valence-electron chi connectivity index (χ1n) is 6.20. The zero-order chi connectivity index (χ0) is 12.0. The van der Waals surface area contributed by atoms with Crippen LogP contribution in [0.3, 0.4) is 0 Å². The molecule has 1 saturated heterocycles. The van der Waals surface area contributed by atoms with E-state index in [1.165, 1.54) is 0 Å². The summed E-state index contributed by atoms with van der Waals surface area (Å²) in [6.07, 6.45) is 2.26. The van der Waals surface area contributed by atoms with Crippen molar-refractivity contribution in [1.29, 1.82) is 0 Å². The lowest BCUT2D eigenvalue weighted by atomic mass is 10.2. The van der Waals surface area contributed by atoms with E-state index in [2.05, 4.69) is 24.1 Å². The molecule has 96 valence electrons. The van der Waals surface area contributed by atoms with Gasteiger partial charge in [0.25, 0.3) is 0 Å². The van der Waals surface area contributed by atoms with Crippen molar-refractivity contribution in [2.45, 2.75) is 32.7 Å². The highest BCUT2D eigenvalue weighted by atomic mass is 32.2. The van der Waals surface area contributed by atoms with Crippen molar-refractivity contribution < 1.29 is 8.42 Å². The number of hydrogen-bond donors (Lipinski definition) is 1. The lowest BCUT2D eigenvalue weighted by molar-refractivity contribution is 0.215. The van der Waals surface area contributed by atoms with Crippen LogP contribution in [0.2, 0.25) is 0 Å². The summed E-state index contributed by atoms with van der Waals surface area (Å²) in [5.74, 6) is 0.666. The lowest BCUT2D eigenvalue weighted by Gasteiger charge is -2.32. The van der Waals surface area contributed by atoms with E-state index in [1.54, 1.807) is 0 Å². The Morgan fingerprint density at radius 3 is 2.44 bits per heavy atom. The molecule has 16 heavy (non-hydrogen) atoms. The third kappa shape index (κ3) is 4.80. The first-order chi connectivity index (χ1) is 7.55. The number of nitrogens with zero attached hydrogens (tertiary/aromatic N) is 1. The van der Waals surface area contributed by atoms with E-state index in [0.29, 0.717) is 30.6 Å². The van der Waals surface area contributed by atoms with Gasteiger partial charge in [-0.3, -0.25) is 4.90 Å². The molecule has 1 aliphatic rings. The van der Waals surface area contributed by atoms with E-state index < -0.39 is 9.84 Å². The van der Waals surface area contributed by atoms with Crippen LogP contribution in [0.25, 0.3) is 0 Å². The minimum Gasteiger partial charge on any atom is -0.317 e. The smallest absolute Gasteiger partial charge is 0.152 e. The number of sulfone groups is 1. The second-order valence-corrected chi connectivity index (χ2v) is 6.88. The summed E-state index contributed by atoms with van der Waals surface area (Å²) in [4.78, 5) is 2.29. The predicted octanol–water partition coefficient (Wildman–Crippen LogP) is 0.495. The zero-order valence-corrected chi connectivity index (χ0v) is 11.2. The van der Waals surface area contributed by atoms with Gasteiger partial charge in [-0.2, -0.15) is 0 Å². The maximum Gasteiger partial charge on any atom is 0.152 e. The van der Waals surface area contributed by atoms with Crippen LogP contribution in [0.15, 0.2) is 0 Å². The molecule has 1 N–H and O–H groups in total. The van der Waals surface area contributed by atoms with E-state index >= 15 is 0 Å². The van der Waals surface area contributed by atoms with E-state index in [-0.39, 0.29) is 0 Å². The number of nitrogens with one attached hydrogen (secondary N) is 1. The minimum atomic E-state index is -2.74. The van der Waals surface area contributed by atoms with Gasteiger partial charge in [0.2, 0.25) is 0 Å². The van der Waals surface area contributed by atoms with Crippen molar-refractivity contribution in [1.82, 2.24) is 10.2 Å². The van der Waals surface area contributed by atoms with Crippen LogP contribution in [-0.4, -0.2) is 57.0 Å². The van der Waals surface area contributed by atoms with Crippen LogP contribution in [-0.2, 0) is 9.84 Å². The van der Waals surface area contributed by atoms with Gasteiger partial charge in [-0.15, -0.1) is 0 Å². The molecule has 4 nitrogen and oxygen atoms in total. The Hall–Kier alpha value is -0.130. The standard InChI is InChI=1S/C11H24N2O2S/c1-3-5-12-6-4-11(2)13-7-9-16(14,15)10-8-13/h11-12H,3-10H2,1-2H3. The molecule has 0 aromatic rings. The topological polar surface area (TPSA) is 49.4 Å². The fraction of sp³-hybridized carbons (Fsp3) is 1.00. The van der Waals surface area contributed by atoms with Crippen molar-refractivity contribution in [2.24, 2.45) is 0 Å². The van der Waals surface area contributed by atoms with Crippen molar-refractivity contribution in [3.63, 3.8) is 0 Å². The van der Waals surface area contributed by atoms with Crippen molar-refractivity contribution in [2.75, 3.05) is 37.7 Å². The Balaban J connectivity index is 2.20. The Labute approximate surface area is 99.3 Å². The average molecular weight is 248 g/mol. The summed E-state index contributed by atoms with van der Waals surface area (Å²) >= 11 is 0. The largest absolute Gasteiger partial charge is 0.317 e. The van der Waals surface area contributed by atoms with Crippen LogP contribution >= 0.6 is 0 Å². The SMILES string of the molecule is CCCNCCC(C)N1CCS(=O)(=O)CC1. The quantitative estimate of drug-likeness (QED) is 0.695. The molecule has 0 saturated carbocycles. The first-order valence-corrected chi connectivity index (χ1v) is 8.02. The van der Waals surface area contributed by atoms with Crippen LogP contribution in [0.4, 0.5) is 0 Å². The van der Waals surface area contributed by atoms with Gasteiger partial charge in [-0.25, -0.2) is 8.42 Å². The molecule has 1 heterocycles. The highest BCUT2D eigenvalue weighted by Gasteiger charge is 2.24. The summed E-state index contributed by atoms with van der Waals surface area (Å²) in [7, 11) is -2.74. The Bertz CT molecular complexity index is 276. The average Bonchev–Trinajstić information content (AvgIpc) is 2.24. The van der Waals surface area contributed by atoms with Crippen LogP contribution in [0.5, 0.6) is 0 Å². The summed E-state index contributed by atoms with van der Waals surface area (Å²) < 4.78 is 22.6. The molecule has 1 unspecified atom stereocenters. The molecule has 5 heteroatoms. The fourth-order valence-electron chi connectivity index (χ4n) is 1.96. The Morgan fingerprint density at radius 2 is 1.88 bits per heavy atom. The molecule has 0 aliphatic carbocycles. The van der Waals surface area contributed by atoms with E-state index in [9.17, 15) is 8.42 Å². The van der Waals surface area contributed by atoms with E-state index in [1.807, 2.05) is 0 Å². The summed E-state index contributed by atoms with van der Waals surface area (Å²) in [5, 5.41) is 3.38. The van der Waals surface area contributed by atoms with Gasteiger partial charge in [0.05, 0.1) is 11.5 Å². The summed E-state index contributed by atoms with van der Waals surface area (Å²) in [6, 6.07) is 0.486. The molecule has 0 aromatic carbocycles. The van der Waals surface area contributed by atoms with Gasteiger partial charge in [0, 0.05) is 19.1 Å². The normalized spacial score (nSPS) is 23.1. The van der Waals surface area contributed by atoms with Gasteiger partial charge in [-0.1, -0.05) is 6.92 Å². The van der Waals surface area contributed by atoms with Gasteiger partial charge in [-0.05, 0) is 32.9 Å². The monoisotopic (exact) mass is 248 g/mol. The molecular weight excluding hydrogens is 224 g/mol. The second-order valence-electron chi connectivity index (χ2n) is 4.58. The molecule has 0 aromatic heterocycles. The first kappa shape index (κ1) is 13.9. The minimum absolute atomic E-state index is 0.333. The molecule has 0 spiro atoms. The zero-order valence-electron chi connectivity index (χ0n) is 10.4. The highest BCUT2D eigenvalue weighted by Crippen LogP contribution is 2.09. The third-order valence-electron chi connectivity index (χ3n) is 3.17. The Morgan fingerprint density at radius 1 is 1.25 bits per heavy atom. The molecule has 0 bridgehead atoms. The van der Waals surface area contributed by atoms with Crippen molar-refractivity contribution in [3.8, 4) is 0 Å². The van der Waals surface area contributed by atoms with Gasteiger partial charge >= 0.3 is 0 Å². The number of rotatable bonds is 6. The molecule has 1 aliphatic heterocycles. The van der Waals surface area contributed by atoms with Crippen LogP contribution < -0.4 is 5.32 Å². The van der Waals surface area contributed by atoms with Gasteiger partial charge in [0.15, 0.2) is 9.84 Å². The second kappa shape index (κ2) is 6.57. The highest BCUT2D eigenvalue weighted by molar-refractivity contribution is 7.91. The summed E-state index contributed by atoms with van der Waals surface area (Å²) in [5.41, 5.74) is 0. The van der Waals surface area contributed by atoms with Gasteiger partial charge < -0.3 is 5.32 Å². The maximum absolute atomic E-state index is 11.3. The van der Waals surface area contributed by atoms with Crippen LogP contribution in [0.1, 0.15) is 26.7 Å². The molecular formula is C11H24N2O2S. The lowest BCUT2D eigenvalue weighted by Crippen LogP contribution is -2.45. The molecule has 1 atom stereocenters. The number of hydrogen-bond acceptors (Lipinski definition) is 4. The maximum atomic E-state index is 11.3. The molecule has 1 rings (SSSR count). The molecule has 0 amide bonds. The third-order valence-corrected chi connectivity index (χ3v) is 4.78. The molecule has 0 radical (unpaired) electrons. The van der Waals surface area contributed by atoms with Crippen LogP contribution in [0, 0.1) is 0 Å².